The van der Waals surface area contributed by atoms with Gasteiger partial charge in [0.2, 0.25) is 5.91 Å². The minimum atomic E-state index is 0.0424. The third kappa shape index (κ3) is 2.95. The molecule has 0 saturated carbocycles. The van der Waals surface area contributed by atoms with Crippen LogP contribution in [0.3, 0.4) is 0 Å². The number of carbonyl (C=O) groups excluding carboxylic acids is 1. The molecule has 0 radical (unpaired) electrons. The second kappa shape index (κ2) is 5.80. The molecular weight excluding hydrogens is 260 g/mol. The van der Waals surface area contributed by atoms with E-state index >= 15 is 0 Å². The molecule has 21 heavy (non-hydrogen) atoms. The molecule has 1 aliphatic carbocycles. The number of fused-ring (bicyclic) bond motifs is 1. The molecule has 2 aromatic carbocycles. The van der Waals surface area contributed by atoms with Gasteiger partial charge in [0.25, 0.3) is 0 Å². The van der Waals surface area contributed by atoms with Crippen LogP contribution in [0.15, 0.2) is 48.5 Å². The van der Waals surface area contributed by atoms with Crippen molar-refractivity contribution in [2.75, 3.05) is 0 Å². The van der Waals surface area contributed by atoms with Gasteiger partial charge in [0, 0.05) is 12.5 Å². The van der Waals surface area contributed by atoms with E-state index in [0.29, 0.717) is 12.1 Å². The second-order valence-electron chi connectivity index (χ2n) is 5.40. The molecule has 0 aliphatic heterocycles. The predicted octanol–water partition coefficient (Wildman–Crippen LogP) is 2.59. The van der Waals surface area contributed by atoms with Crippen molar-refractivity contribution < 1.29 is 4.79 Å². The van der Waals surface area contributed by atoms with Gasteiger partial charge in [-0.3, -0.25) is 4.79 Å². The van der Waals surface area contributed by atoms with Crippen LogP contribution in [0.4, 0.5) is 0 Å². The summed E-state index contributed by atoms with van der Waals surface area (Å²) in [5.74, 6) is 0.149. The van der Waals surface area contributed by atoms with Crippen molar-refractivity contribution in [2.24, 2.45) is 5.92 Å². The molecule has 2 aromatic rings. The average molecular weight is 276 g/mol. The first-order chi connectivity index (χ1) is 10.3. The van der Waals surface area contributed by atoms with Gasteiger partial charge in [-0.05, 0) is 41.7 Å². The maximum atomic E-state index is 12.2. The van der Waals surface area contributed by atoms with Crippen LogP contribution < -0.4 is 5.32 Å². The first kappa shape index (κ1) is 13.4. The Bertz CT molecular complexity index is 673. The van der Waals surface area contributed by atoms with E-state index in [2.05, 4.69) is 23.5 Å². The molecule has 3 nitrogen and oxygen atoms in total. The van der Waals surface area contributed by atoms with Gasteiger partial charge in [0.15, 0.2) is 0 Å². The Labute approximate surface area is 124 Å². The topological polar surface area (TPSA) is 52.9 Å². The fraction of sp³-hybridized carbons (Fsp3) is 0.222. The molecule has 0 saturated heterocycles. The van der Waals surface area contributed by atoms with E-state index in [9.17, 15) is 4.79 Å². The van der Waals surface area contributed by atoms with Gasteiger partial charge < -0.3 is 5.32 Å². The van der Waals surface area contributed by atoms with Crippen LogP contribution >= 0.6 is 0 Å². The second-order valence-corrected chi connectivity index (χ2v) is 5.40. The molecule has 0 unspecified atom stereocenters. The minimum absolute atomic E-state index is 0.0424. The zero-order chi connectivity index (χ0) is 14.7. The van der Waals surface area contributed by atoms with Crippen LogP contribution in [0.5, 0.6) is 0 Å². The third-order valence-electron chi connectivity index (χ3n) is 3.97. The van der Waals surface area contributed by atoms with E-state index in [1.807, 2.05) is 24.3 Å². The number of hydrogen-bond donors (Lipinski definition) is 1. The molecule has 0 aromatic heterocycles. The fourth-order valence-electron chi connectivity index (χ4n) is 2.77. The Balaban J connectivity index is 1.57. The molecule has 0 spiro atoms. The Hall–Kier alpha value is -2.60. The van der Waals surface area contributed by atoms with E-state index < -0.39 is 0 Å². The summed E-state index contributed by atoms with van der Waals surface area (Å²) in [5, 5.41) is 11.7. The summed E-state index contributed by atoms with van der Waals surface area (Å²) in [6, 6.07) is 17.6. The molecule has 0 atom stereocenters. The van der Waals surface area contributed by atoms with Crippen LogP contribution in [0.2, 0.25) is 0 Å². The van der Waals surface area contributed by atoms with Crippen molar-refractivity contribution in [1.82, 2.24) is 5.32 Å². The Morgan fingerprint density at radius 3 is 2.29 bits per heavy atom. The van der Waals surface area contributed by atoms with Crippen molar-refractivity contribution in [3.05, 3.63) is 70.8 Å². The highest BCUT2D eigenvalue weighted by Crippen LogP contribution is 2.26. The smallest absolute Gasteiger partial charge is 0.224 e. The van der Waals surface area contributed by atoms with Crippen molar-refractivity contribution >= 4 is 5.91 Å². The van der Waals surface area contributed by atoms with Gasteiger partial charge in [-0.2, -0.15) is 5.26 Å². The summed E-state index contributed by atoms with van der Waals surface area (Å²) < 4.78 is 0. The molecule has 0 fully saturated rings. The summed E-state index contributed by atoms with van der Waals surface area (Å²) >= 11 is 0. The predicted molar refractivity (Wildman–Crippen MR) is 80.3 cm³/mol. The zero-order valence-corrected chi connectivity index (χ0v) is 11.7. The number of amides is 1. The van der Waals surface area contributed by atoms with Gasteiger partial charge in [-0.15, -0.1) is 0 Å². The van der Waals surface area contributed by atoms with Crippen molar-refractivity contribution in [3.8, 4) is 6.07 Å². The van der Waals surface area contributed by atoms with Gasteiger partial charge in [-0.25, -0.2) is 0 Å². The van der Waals surface area contributed by atoms with Crippen LogP contribution in [-0.2, 0) is 24.2 Å². The van der Waals surface area contributed by atoms with Crippen LogP contribution in [-0.4, -0.2) is 5.91 Å². The molecule has 0 heterocycles. The number of hydrogen-bond acceptors (Lipinski definition) is 2. The highest BCUT2D eigenvalue weighted by molar-refractivity contribution is 5.80. The average Bonchev–Trinajstić information content (AvgIpc) is 2.97. The Kier molecular flexibility index (Phi) is 3.70. The van der Waals surface area contributed by atoms with E-state index in [1.54, 1.807) is 12.1 Å². The largest absolute Gasteiger partial charge is 0.352 e. The summed E-state index contributed by atoms with van der Waals surface area (Å²) in [4.78, 5) is 12.2. The number of nitriles is 1. The maximum Gasteiger partial charge on any atom is 0.224 e. The normalized spacial score (nSPS) is 13.5. The van der Waals surface area contributed by atoms with Crippen molar-refractivity contribution in [2.45, 2.75) is 19.4 Å². The van der Waals surface area contributed by atoms with E-state index in [0.717, 1.165) is 18.4 Å². The molecule has 3 heteroatoms. The number of nitrogens with one attached hydrogen (secondary N) is 1. The van der Waals surface area contributed by atoms with E-state index in [-0.39, 0.29) is 11.8 Å². The lowest BCUT2D eigenvalue weighted by Gasteiger charge is -2.10. The summed E-state index contributed by atoms with van der Waals surface area (Å²) in [6.45, 7) is 0.511. The highest BCUT2D eigenvalue weighted by atomic mass is 16.1. The number of nitrogens with zero attached hydrogens (tertiary/aromatic N) is 1. The Morgan fingerprint density at radius 1 is 1.10 bits per heavy atom. The van der Waals surface area contributed by atoms with Gasteiger partial charge >= 0.3 is 0 Å². The first-order valence-corrected chi connectivity index (χ1v) is 7.10. The minimum Gasteiger partial charge on any atom is -0.352 e. The quantitative estimate of drug-likeness (QED) is 0.936. The van der Waals surface area contributed by atoms with E-state index in [1.165, 1.54) is 11.1 Å². The van der Waals surface area contributed by atoms with Crippen LogP contribution in [0.25, 0.3) is 0 Å². The molecule has 1 amide bonds. The molecule has 0 bridgehead atoms. The monoisotopic (exact) mass is 276 g/mol. The summed E-state index contributed by atoms with van der Waals surface area (Å²) in [6.07, 6.45) is 1.66. The lowest BCUT2D eigenvalue weighted by Crippen LogP contribution is -2.30. The van der Waals surface area contributed by atoms with Crippen LogP contribution in [0.1, 0.15) is 22.3 Å². The van der Waals surface area contributed by atoms with Gasteiger partial charge in [-0.1, -0.05) is 36.4 Å². The number of carbonyl (C=O) groups is 1. The zero-order valence-electron chi connectivity index (χ0n) is 11.7. The number of rotatable bonds is 3. The van der Waals surface area contributed by atoms with Crippen molar-refractivity contribution in [1.29, 1.82) is 5.26 Å². The first-order valence-electron chi connectivity index (χ1n) is 7.10. The van der Waals surface area contributed by atoms with Gasteiger partial charge in [0.1, 0.15) is 0 Å². The van der Waals surface area contributed by atoms with Gasteiger partial charge in [0.05, 0.1) is 11.6 Å². The van der Waals surface area contributed by atoms with E-state index in [4.69, 9.17) is 5.26 Å². The lowest BCUT2D eigenvalue weighted by atomic mass is 10.1. The summed E-state index contributed by atoms with van der Waals surface area (Å²) in [5.41, 5.74) is 4.22. The molecule has 104 valence electrons. The maximum absolute atomic E-state index is 12.2. The lowest BCUT2D eigenvalue weighted by molar-refractivity contribution is -0.124. The SMILES string of the molecule is N#Cc1ccc(CNC(=O)C2Cc3ccccc3C2)cc1. The molecule has 1 N–H and O–H groups in total. The molecule has 1 aliphatic rings. The number of benzene rings is 2. The standard InChI is InChI=1S/C18H16N2O/c19-11-13-5-7-14(8-6-13)12-20-18(21)17-9-15-3-1-2-4-16(15)10-17/h1-8,17H,9-10,12H2,(H,20,21). The Morgan fingerprint density at radius 2 is 1.71 bits per heavy atom. The third-order valence-corrected chi connectivity index (χ3v) is 3.97. The van der Waals surface area contributed by atoms with Crippen molar-refractivity contribution in [3.63, 3.8) is 0 Å². The van der Waals surface area contributed by atoms with Crippen LogP contribution in [0, 0.1) is 17.2 Å². The summed E-state index contributed by atoms with van der Waals surface area (Å²) in [7, 11) is 0. The molecular formula is C18H16N2O. The highest BCUT2D eigenvalue weighted by Gasteiger charge is 2.26. The fourth-order valence-corrected chi connectivity index (χ4v) is 2.77. The molecule has 3 rings (SSSR count).